The number of furan rings is 1. The largest absolute Gasteiger partial charge is 0.468 e. The highest BCUT2D eigenvalue weighted by Crippen LogP contribution is 2.47. The van der Waals surface area contributed by atoms with Crippen LogP contribution in [0.4, 0.5) is 0 Å². The molecule has 5 atom stereocenters. The monoisotopic (exact) mass is 358 g/mol. The van der Waals surface area contributed by atoms with Crippen LogP contribution in [0, 0.1) is 11.8 Å². The van der Waals surface area contributed by atoms with E-state index in [1.807, 2.05) is 13.1 Å². The first-order valence-electron chi connectivity index (χ1n) is 10.2. The van der Waals surface area contributed by atoms with E-state index in [9.17, 15) is 0 Å². The summed E-state index contributed by atoms with van der Waals surface area (Å²) in [6.07, 6.45) is 7.84. The topological polar surface area (TPSA) is 53.2 Å². The molecule has 0 saturated carbocycles. The minimum atomic E-state index is 0.283. The molecule has 4 fully saturated rings. The van der Waals surface area contributed by atoms with Crippen LogP contribution in [-0.4, -0.2) is 67.7 Å². The van der Waals surface area contributed by atoms with Gasteiger partial charge in [0.05, 0.1) is 24.5 Å². The van der Waals surface area contributed by atoms with E-state index in [0.29, 0.717) is 24.0 Å². The summed E-state index contributed by atoms with van der Waals surface area (Å²) in [5, 5.41) is 3.65. The second-order valence-corrected chi connectivity index (χ2v) is 8.23. The maximum atomic E-state index is 6.11. The first-order chi connectivity index (χ1) is 12.8. The summed E-state index contributed by atoms with van der Waals surface area (Å²) in [4.78, 5) is 9.57. The van der Waals surface area contributed by atoms with Crippen LogP contribution in [0.25, 0.3) is 0 Å². The van der Waals surface area contributed by atoms with Crippen molar-refractivity contribution in [2.75, 3.05) is 39.8 Å². The Morgan fingerprint density at radius 3 is 2.58 bits per heavy atom. The Bertz CT molecular complexity index is 622. The van der Waals surface area contributed by atoms with Crippen LogP contribution in [-0.2, 0) is 4.74 Å². The van der Waals surface area contributed by atoms with Crippen LogP contribution in [0.15, 0.2) is 27.8 Å². The van der Waals surface area contributed by atoms with Crippen molar-refractivity contribution in [3.8, 4) is 0 Å². The first-order valence-corrected chi connectivity index (χ1v) is 10.2. The average Bonchev–Trinajstić information content (AvgIpc) is 3.45. The van der Waals surface area contributed by atoms with Crippen molar-refractivity contribution in [1.29, 1.82) is 0 Å². The van der Waals surface area contributed by atoms with Gasteiger partial charge in [-0.05, 0) is 50.9 Å². The molecule has 0 aromatic carbocycles. The van der Waals surface area contributed by atoms with Gasteiger partial charge in [0.2, 0.25) is 0 Å². The second-order valence-electron chi connectivity index (χ2n) is 8.23. The summed E-state index contributed by atoms with van der Waals surface area (Å²) in [5.41, 5.74) is 0. The highest BCUT2D eigenvalue weighted by Gasteiger charge is 2.53. The van der Waals surface area contributed by atoms with Gasteiger partial charge in [-0.1, -0.05) is 0 Å². The molecule has 1 N–H and O–H groups in total. The molecule has 26 heavy (non-hydrogen) atoms. The highest BCUT2D eigenvalue weighted by atomic mass is 16.5. The van der Waals surface area contributed by atoms with Gasteiger partial charge in [0.1, 0.15) is 5.76 Å². The fraction of sp³-hybridized carbons (Fsp3) is 0.750. The molecular formula is C20H30N4O2. The van der Waals surface area contributed by atoms with Crippen LogP contribution in [0.2, 0.25) is 0 Å². The van der Waals surface area contributed by atoms with E-state index in [4.69, 9.17) is 9.15 Å². The summed E-state index contributed by atoms with van der Waals surface area (Å²) in [6.45, 7) is 5.32. The highest BCUT2D eigenvalue weighted by molar-refractivity contribution is 5.80. The minimum absolute atomic E-state index is 0.283. The van der Waals surface area contributed by atoms with E-state index >= 15 is 0 Å². The Morgan fingerprint density at radius 2 is 1.96 bits per heavy atom. The van der Waals surface area contributed by atoms with Crippen LogP contribution >= 0.6 is 0 Å². The zero-order valence-corrected chi connectivity index (χ0v) is 15.6. The predicted octanol–water partition coefficient (Wildman–Crippen LogP) is 2.10. The Balaban J connectivity index is 1.24. The Kier molecular flexibility index (Phi) is 4.41. The molecule has 5 heterocycles. The number of hydrogen-bond donors (Lipinski definition) is 1. The van der Waals surface area contributed by atoms with E-state index in [0.717, 1.165) is 44.4 Å². The number of ether oxygens (including phenoxy) is 1. The molecule has 0 aliphatic carbocycles. The second kappa shape index (κ2) is 6.89. The minimum Gasteiger partial charge on any atom is -0.468 e. The van der Waals surface area contributed by atoms with Gasteiger partial charge in [-0.2, -0.15) is 0 Å². The third kappa shape index (κ3) is 2.83. The SMILES string of the molecule is CN=C(NCC(c1ccco1)N1CCCC1)N1CC2C3CCC(O3)C2C1. The lowest BCUT2D eigenvalue weighted by atomic mass is 9.82. The summed E-state index contributed by atoms with van der Waals surface area (Å²) in [6, 6.07) is 4.37. The van der Waals surface area contributed by atoms with Crippen LogP contribution < -0.4 is 5.32 Å². The van der Waals surface area contributed by atoms with Crippen molar-refractivity contribution < 1.29 is 9.15 Å². The summed E-state index contributed by atoms with van der Waals surface area (Å²) in [5.74, 6) is 3.49. The van der Waals surface area contributed by atoms with Gasteiger partial charge in [-0.15, -0.1) is 0 Å². The van der Waals surface area contributed by atoms with E-state index in [1.165, 1.54) is 25.7 Å². The summed E-state index contributed by atoms with van der Waals surface area (Å²) < 4.78 is 11.9. The lowest BCUT2D eigenvalue weighted by molar-refractivity contribution is 0.0766. The molecular weight excluding hydrogens is 328 g/mol. The fourth-order valence-electron chi connectivity index (χ4n) is 5.60. The van der Waals surface area contributed by atoms with Crippen molar-refractivity contribution in [1.82, 2.24) is 15.1 Å². The molecule has 5 rings (SSSR count). The molecule has 142 valence electrons. The van der Waals surface area contributed by atoms with Gasteiger partial charge in [0.15, 0.2) is 5.96 Å². The molecule has 4 aliphatic heterocycles. The van der Waals surface area contributed by atoms with E-state index < -0.39 is 0 Å². The number of nitrogens with zero attached hydrogens (tertiary/aromatic N) is 3. The standard InChI is InChI=1S/C20H30N4O2/c1-21-20(24-12-14-15(13-24)18-7-6-17(14)26-18)22-11-16(19-5-4-10-25-19)23-8-2-3-9-23/h4-5,10,14-18H,2-3,6-9,11-13H2,1H3,(H,21,22). The quantitative estimate of drug-likeness (QED) is 0.660. The molecule has 1 aromatic rings. The molecule has 5 unspecified atom stereocenters. The Morgan fingerprint density at radius 1 is 1.23 bits per heavy atom. The molecule has 0 spiro atoms. The van der Waals surface area contributed by atoms with Crippen LogP contribution in [0.1, 0.15) is 37.5 Å². The van der Waals surface area contributed by atoms with Gasteiger partial charge < -0.3 is 19.4 Å². The number of aliphatic imine (C=N–C) groups is 1. The Hall–Kier alpha value is -1.53. The number of guanidine groups is 1. The van der Waals surface area contributed by atoms with Gasteiger partial charge in [-0.25, -0.2) is 0 Å². The maximum Gasteiger partial charge on any atom is 0.193 e. The van der Waals surface area contributed by atoms with Gasteiger partial charge in [-0.3, -0.25) is 9.89 Å². The molecule has 0 amide bonds. The van der Waals surface area contributed by atoms with Gasteiger partial charge >= 0.3 is 0 Å². The Labute approximate surface area is 155 Å². The summed E-state index contributed by atoms with van der Waals surface area (Å²) in [7, 11) is 1.90. The van der Waals surface area contributed by atoms with Gasteiger partial charge in [0, 0.05) is 38.5 Å². The first kappa shape index (κ1) is 16.6. The fourth-order valence-corrected chi connectivity index (χ4v) is 5.60. The number of likely N-dealkylation sites (tertiary alicyclic amines) is 2. The van der Waals surface area contributed by atoms with E-state index in [-0.39, 0.29) is 6.04 Å². The van der Waals surface area contributed by atoms with E-state index in [1.54, 1.807) is 6.26 Å². The molecule has 4 saturated heterocycles. The van der Waals surface area contributed by atoms with Crippen molar-refractivity contribution in [3.05, 3.63) is 24.2 Å². The molecule has 4 aliphatic rings. The molecule has 6 heteroatoms. The maximum absolute atomic E-state index is 6.11. The third-order valence-electron chi connectivity index (χ3n) is 6.87. The number of fused-ring (bicyclic) bond motifs is 5. The lowest BCUT2D eigenvalue weighted by Crippen LogP contribution is -2.44. The average molecular weight is 358 g/mol. The van der Waals surface area contributed by atoms with Crippen molar-refractivity contribution in [2.45, 2.75) is 43.9 Å². The molecule has 2 bridgehead atoms. The van der Waals surface area contributed by atoms with Crippen LogP contribution in [0.3, 0.4) is 0 Å². The summed E-state index contributed by atoms with van der Waals surface area (Å²) >= 11 is 0. The zero-order valence-electron chi connectivity index (χ0n) is 15.6. The van der Waals surface area contributed by atoms with Crippen molar-refractivity contribution >= 4 is 5.96 Å². The van der Waals surface area contributed by atoms with Crippen molar-refractivity contribution in [3.63, 3.8) is 0 Å². The number of rotatable bonds is 4. The molecule has 1 aromatic heterocycles. The van der Waals surface area contributed by atoms with E-state index in [2.05, 4.69) is 26.2 Å². The van der Waals surface area contributed by atoms with Gasteiger partial charge in [0.25, 0.3) is 0 Å². The molecule has 6 nitrogen and oxygen atoms in total. The third-order valence-corrected chi connectivity index (χ3v) is 6.87. The normalized spacial score (nSPS) is 35.3. The zero-order chi connectivity index (χ0) is 17.5. The van der Waals surface area contributed by atoms with Crippen LogP contribution in [0.5, 0.6) is 0 Å². The molecule has 0 radical (unpaired) electrons. The smallest absolute Gasteiger partial charge is 0.193 e. The number of hydrogen-bond acceptors (Lipinski definition) is 4. The predicted molar refractivity (Wildman–Crippen MR) is 100 cm³/mol. The van der Waals surface area contributed by atoms with Crippen molar-refractivity contribution in [2.24, 2.45) is 16.8 Å². The lowest BCUT2D eigenvalue weighted by Gasteiger charge is -2.29. The number of nitrogens with one attached hydrogen (secondary N) is 1.